The summed E-state index contributed by atoms with van der Waals surface area (Å²) >= 11 is 0. The second-order valence-corrected chi connectivity index (χ2v) is 8.53. The van der Waals surface area contributed by atoms with Gasteiger partial charge in [-0.25, -0.2) is 0 Å². The predicted octanol–water partition coefficient (Wildman–Crippen LogP) is 7.14. The highest BCUT2D eigenvalue weighted by Crippen LogP contribution is 2.37. The van der Waals surface area contributed by atoms with Crippen LogP contribution in [0.25, 0.3) is 21.5 Å². The second-order valence-electron chi connectivity index (χ2n) is 8.53. The quantitative estimate of drug-likeness (QED) is 0.273. The summed E-state index contributed by atoms with van der Waals surface area (Å²) in [5, 5.41) is 14.6. The van der Waals surface area contributed by atoms with E-state index < -0.39 is 6.04 Å². The fraction of sp³-hybridized carbons (Fsp3) is 0.0968. The van der Waals surface area contributed by atoms with Crippen LogP contribution in [0.4, 0.5) is 5.69 Å². The molecule has 0 saturated heterocycles. The van der Waals surface area contributed by atoms with Gasteiger partial charge < -0.3 is 0 Å². The molecule has 0 aliphatic rings. The molecule has 1 amide bonds. The fourth-order valence-electron chi connectivity index (χ4n) is 4.59. The van der Waals surface area contributed by atoms with Crippen molar-refractivity contribution in [2.75, 3.05) is 4.90 Å². The van der Waals surface area contributed by atoms with E-state index in [-0.39, 0.29) is 12.3 Å². The van der Waals surface area contributed by atoms with Crippen molar-refractivity contribution in [3.63, 3.8) is 0 Å². The van der Waals surface area contributed by atoms with Gasteiger partial charge in [-0.3, -0.25) is 9.69 Å². The molecule has 34 heavy (non-hydrogen) atoms. The van der Waals surface area contributed by atoms with Crippen LogP contribution in [0.15, 0.2) is 109 Å². The number of fused-ring (bicyclic) bond motifs is 2. The van der Waals surface area contributed by atoms with Crippen LogP contribution in [0, 0.1) is 18.3 Å². The summed E-state index contributed by atoms with van der Waals surface area (Å²) in [4.78, 5) is 15.5. The highest BCUT2D eigenvalue weighted by atomic mass is 16.2. The second kappa shape index (κ2) is 9.21. The van der Waals surface area contributed by atoms with Gasteiger partial charge in [-0.15, -0.1) is 0 Å². The van der Waals surface area contributed by atoms with Gasteiger partial charge >= 0.3 is 0 Å². The summed E-state index contributed by atoms with van der Waals surface area (Å²) in [5.41, 5.74) is 3.60. The third-order valence-electron chi connectivity index (χ3n) is 6.25. The van der Waals surface area contributed by atoms with Gasteiger partial charge in [0.05, 0.1) is 12.5 Å². The topological polar surface area (TPSA) is 44.1 Å². The molecule has 0 aromatic heterocycles. The normalized spacial score (nSPS) is 11.8. The van der Waals surface area contributed by atoms with Crippen LogP contribution in [-0.4, -0.2) is 5.91 Å². The molecule has 0 heterocycles. The molecule has 164 valence electrons. The molecule has 0 N–H and O–H groups in total. The Kier molecular flexibility index (Phi) is 5.81. The Morgan fingerprint density at radius 3 is 1.94 bits per heavy atom. The number of aryl methyl sites for hydroxylation is 1. The highest BCUT2D eigenvalue weighted by molar-refractivity contribution is 6.05. The number of hydrogen-bond acceptors (Lipinski definition) is 2. The Morgan fingerprint density at radius 1 is 0.794 bits per heavy atom. The van der Waals surface area contributed by atoms with Gasteiger partial charge in [-0.2, -0.15) is 5.26 Å². The monoisotopic (exact) mass is 440 g/mol. The molecule has 0 fully saturated rings. The van der Waals surface area contributed by atoms with Gasteiger partial charge in [0.15, 0.2) is 6.04 Å². The predicted molar refractivity (Wildman–Crippen MR) is 139 cm³/mol. The average molecular weight is 441 g/mol. The van der Waals surface area contributed by atoms with E-state index in [1.165, 1.54) is 0 Å². The van der Waals surface area contributed by atoms with E-state index in [2.05, 4.69) is 24.3 Å². The summed E-state index contributed by atoms with van der Waals surface area (Å²) in [6.07, 6.45) is 0.218. The van der Waals surface area contributed by atoms with Crippen molar-refractivity contribution in [3.05, 3.63) is 126 Å². The number of rotatable bonds is 5. The third-order valence-corrected chi connectivity index (χ3v) is 6.25. The molecule has 3 heteroatoms. The number of carbonyl (C=O) groups excluding carboxylic acids is 1. The van der Waals surface area contributed by atoms with Crippen molar-refractivity contribution < 1.29 is 4.79 Å². The van der Waals surface area contributed by atoms with Gasteiger partial charge in [0.2, 0.25) is 5.91 Å². The number of anilines is 1. The van der Waals surface area contributed by atoms with Crippen LogP contribution in [0.2, 0.25) is 0 Å². The molecule has 0 spiro atoms. The molecule has 5 aromatic carbocycles. The van der Waals surface area contributed by atoms with Crippen molar-refractivity contribution >= 4 is 33.1 Å². The first-order chi connectivity index (χ1) is 16.7. The summed E-state index contributed by atoms with van der Waals surface area (Å²) < 4.78 is 0. The fourth-order valence-corrected chi connectivity index (χ4v) is 4.59. The lowest BCUT2D eigenvalue weighted by Crippen LogP contribution is -2.35. The lowest BCUT2D eigenvalue weighted by atomic mass is 9.91. The molecular weight excluding hydrogens is 416 g/mol. The van der Waals surface area contributed by atoms with Crippen LogP contribution >= 0.6 is 0 Å². The van der Waals surface area contributed by atoms with Gasteiger partial charge in [0.1, 0.15) is 0 Å². The van der Waals surface area contributed by atoms with Crippen molar-refractivity contribution in [1.29, 1.82) is 5.26 Å². The Bertz CT molecular complexity index is 1460. The van der Waals surface area contributed by atoms with Crippen LogP contribution in [0.3, 0.4) is 0 Å². The van der Waals surface area contributed by atoms with E-state index in [0.29, 0.717) is 0 Å². The van der Waals surface area contributed by atoms with Crippen LogP contribution in [-0.2, 0) is 11.2 Å². The Labute approximate surface area is 199 Å². The molecule has 1 unspecified atom stereocenters. The lowest BCUT2D eigenvalue weighted by Gasteiger charge is -2.30. The zero-order valence-electron chi connectivity index (χ0n) is 19.0. The summed E-state index contributed by atoms with van der Waals surface area (Å²) in [6, 6.07) is 37.5. The number of nitriles is 1. The SMILES string of the molecule is Cc1ccc(N(C(=O)Cc2ccccc2)C(C#N)c2c3ccccc3cc3ccccc23)cc1. The minimum atomic E-state index is -0.782. The van der Waals surface area contributed by atoms with Crippen molar-refractivity contribution in [2.24, 2.45) is 0 Å². The highest BCUT2D eigenvalue weighted by Gasteiger charge is 2.29. The molecule has 0 saturated carbocycles. The number of benzene rings is 5. The largest absolute Gasteiger partial charge is 0.291 e. The van der Waals surface area contributed by atoms with Crippen LogP contribution < -0.4 is 4.90 Å². The van der Waals surface area contributed by atoms with E-state index in [9.17, 15) is 10.1 Å². The molecule has 0 aliphatic heterocycles. The summed E-state index contributed by atoms with van der Waals surface area (Å²) in [6.45, 7) is 2.01. The maximum Gasteiger partial charge on any atom is 0.232 e. The Morgan fingerprint density at radius 2 is 1.35 bits per heavy atom. The minimum absolute atomic E-state index is 0.112. The number of carbonyl (C=O) groups is 1. The van der Waals surface area contributed by atoms with Gasteiger partial charge in [-0.05, 0) is 52.2 Å². The first-order valence-corrected chi connectivity index (χ1v) is 11.4. The van der Waals surface area contributed by atoms with E-state index in [1.54, 1.807) is 4.90 Å². The minimum Gasteiger partial charge on any atom is -0.291 e. The maximum atomic E-state index is 13.8. The van der Waals surface area contributed by atoms with Crippen molar-refractivity contribution in [1.82, 2.24) is 0 Å². The van der Waals surface area contributed by atoms with E-state index in [1.807, 2.05) is 97.9 Å². The molecule has 3 nitrogen and oxygen atoms in total. The molecule has 0 bridgehead atoms. The Balaban J connectivity index is 1.73. The molecule has 1 atom stereocenters. The van der Waals surface area contributed by atoms with E-state index in [0.717, 1.165) is 43.9 Å². The zero-order valence-corrected chi connectivity index (χ0v) is 19.0. The lowest BCUT2D eigenvalue weighted by molar-refractivity contribution is -0.118. The standard InChI is InChI=1S/C31H24N2O/c1-22-15-17-26(18-16-22)33(30(34)19-23-9-3-2-4-10-23)29(21-32)31-27-13-7-5-11-24(27)20-25-12-6-8-14-28(25)31/h2-18,20,29H,19H2,1H3. The Hall–Kier alpha value is -4.42. The van der Waals surface area contributed by atoms with Crippen molar-refractivity contribution in [2.45, 2.75) is 19.4 Å². The van der Waals surface area contributed by atoms with Crippen molar-refractivity contribution in [3.8, 4) is 6.07 Å². The molecule has 5 aromatic rings. The van der Waals surface area contributed by atoms with Crippen LogP contribution in [0.1, 0.15) is 22.7 Å². The third kappa shape index (κ3) is 4.02. The maximum absolute atomic E-state index is 13.8. The van der Waals surface area contributed by atoms with Crippen LogP contribution in [0.5, 0.6) is 0 Å². The van der Waals surface area contributed by atoms with Gasteiger partial charge in [-0.1, -0.05) is 96.6 Å². The summed E-state index contributed by atoms with van der Waals surface area (Å²) in [7, 11) is 0. The van der Waals surface area contributed by atoms with E-state index in [4.69, 9.17) is 0 Å². The first-order valence-electron chi connectivity index (χ1n) is 11.4. The number of nitrogens with zero attached hydrogens (tertiary/aromatic N) is 2. The van der Waals surface area contributed by atoms with E-state index >= 15 is 0 Å². The smallest absolute Gasteiger partial charge is 0.232 e. The average Bonchev–Trinajstić information content (AvgIpc) is 2.87. The number of hydrogen-bond donors (Lipinski definition) is 0. The molecule has 0 radical (unpaired) electrons. The molecule has 5 rings (SSSR count). The van der Waals surface area contributed by atoms with Gasteiger partial charge in [0, 0.05) is 11.3 Å². The zero-order chi connectivity index (χ0) is 23.5. The molecule has 0 aliphatic carbocycles. The van der Waals surface area contributed by atoms with Gasteiger partial charge in [0.25, 0.3) is 0 Å². The summed E-state index contributed by atoms with van der Waals surface area (Å²) in [5.74, 6) is -0.112. The molecular formula is C31H24N2O. The first kappa shape index (κ1) is 21.4. The number of amides is 1.